The van der Waals surface area contributed by atoms with Crippen molar-refractivity contribution in [1.82, 2.24) is 0 Å². The predicted octanol–water partition coefficient (Wildman–Crippen LogP) is 16.2. The number of unbranched alkanes of at least 4 members (excludes halogenated alkanes) is 12. The van der Waals surface area contributed by atoms with Gasteiger partial charge in [-0.25, -0.2) is 0 Å². The molecule has 0 radical (unpaired) electrons. The summed E-state index contributed by atoms with van der Waals surface area (Å²) >= 11 is 0. The Morgan fingerprint density at radius 3 is 1.30 bits per heavy atom. The molecule has 0 aliphatic heterocycles. The van der Waals surface area contributed by atoms with E-state index in [-0.39, 0.29) is 31.6 Å². The zero-order chi connectivity index (χ0) is 43.5. The fourth-order valence-corrected chi connectivity index (χ4v) is 5.96. The van der Waals surface area contributed by atoms with Crippen LogP contribution < -0.4 is 0 Å². The molecule has 0 aromatic rings. The molecule has 0 fully saturated rings. The summed E-state index contributed by atoms with van der Waals surface area (Å²) in [5.41, 5.74) is 0. The third-order valence-corrected chi connectivity index (χ3v) is 9.50. The van der Waals surface area contributed by atoms with Crippen LogP contribution in [-0.4, -0.2) is 37.9 Å². The summed E-state index contributed by atoms with van der Waals surface area (Å²) in [4.78, 5) is 25.2. The molecule has 0 N–H and O–H groups in total. The van der Waals surface area contributed by atoms with Crippen molar-refractivity contribution in [3.05, 3.63) is 122 Å². The second kappa shape index (κ2) is 49.7. The molecule has 0 bridgehead atoms. The van der Waals surface area contributed by atoms with Crippen molar-refractivity contribution in [2.45, 2.75) is 194 Å². The Morgan fingerprint density at radius 2 is 0.800 bits per heavy atom. The van der Waals surface area contributed by atoms with Crippen LogP contribution >= 0.6 is 0 Å². The van der Waals surface area contributed by atoms with Gasteiger partial charge in [-0.15, -0.1) is 0 Å². The fraction of sp³-hybridized carbons (Fsp3) is 0.600. The van der Waals surface area contributed by atoms with Crippen molar-refractivity contribution < 1.29 is 23.8 Å². The Hall–Kier alpha value is -3.70. The van der Waals surface area contributed by atoms with Crippen LogP contribution in [0.15, 0.2) is 122 Å². The minimum absolute atomic E-state index is 0.0123. The minimum atomic E-state index is -0.597. The molecule has 0 aliphatic rings. The molecule has 0 saturated carbocycles. The summed E-state index contributed by atoms with van der Waals surface area (Å²) in [7, 11) is 0. The Balaban J connectivity index is 4.44. The lowest BCUT2D eigenvalue weighted by Gasteiger charge is -2.18. The quantitative estimate of drug-likeness (QED) is 0.0348. The molecule has 0 spiro atoms. The SMILES string of the molecule is CC/C=C\C/C=C\C/C=C\C/C=C\C/C=C\CC(=O)OCC(COCCCCCCC/C=C\C/C=C\C/C=C\C/C=C\CC)OC(=O)CCCCCCC/C=C\CCCC. The van der Waals surface area contributed by atoms with Gasteiger partial charge in [-0.05, 0) is 103 Å². The zero-order valence-electron chi connectivity index (χ0n) is 38.7. The van der Waals surface area contributed by atoms with Gasteiger partial charge in [-0.3, -0.25) is 9.59 Å². The Bertz CT molecular complexity index is 1260. The molecule has 1 atom stereocenters. The smallest absolute Gasteiger partial charge is 0.309 e. The number of ether oxygens (including phenoxy) is 3. The Labute approximate surface area is 369 Å². The molecule has 60 heavy (non-hydrogen) atoms. The molecule has 1 unspecified atom stereocenters. The molecule has 0 amide bonds. The van der Waals surface area contributed by atoms with Gasteiger partial charge in [0.05, 0.1) is 13.0 Å². The molecule has 338 valence electrons. The summed E-state index contributed by atoms with van der Waals surface area (Å²) in [6.07, 6.45) is 69.4. The van der Waals surface area contributed by atoms with Crippen LogP contribution in [0, 0.1) is 0 Å². The number of hydrogen-bond acceptors (Lipinski definition) is 5. The van der Waals surface area contributed by atoms with Crippen LogP contribution in [0.25, 0.3) is 0 Å². The van der Waals surface area contributed by atoms with Gasteiger partial charge in [0.15, 0.2) is 6.10 Å². The number of hydrogen-bond donors (Lipinski definition) is 0. The third kappa shape index (κ3) is 47.0. The van der Waals surface area contributed by atoms with E-state index >= 15 is 0 Å². The van der Waals surface area contributed by atoms with Crippen LogP contribution in [0.2, 0.25) is 0 Å². The van der Waals surface area contributed by atoms with Gasteiger partial charge < -0.3 is 14.2 Å². The maximum atomic E-state index is 12.7. The van der Waals surface area contributed by atoms with E-state index in [1.54, 1.807) is 0 Å². The average Bonchev–Trinajstić information content (AvgIpc) is 3.25. The highest BCUT2D eigenvalue weighted by atomic mass is 16.6. The molecule has 0 saturated heterocycles. The van der Waals surface area contributed by atoms with Gasteiger partial charge >= 0.3 is 11.9 Å². The number of rotatable bonds is 42. The van der Waals surface area contributed by atoms with Crippen LogP contribution in [0.5, 0.6) is 0 Å². The lowest BCUT2D eigenvalue weighted by molar-refractivity contribution is -0.162. The summed E-state index contributed by atoms with van der Waals surface area (Å²) < 4.78 is 17.2. The van der Waals surface area contributed by atoms with E-state index in [2.05, 4.69) is 130 Å². The summed E-state index contributed by atoms with van der Waals surface area (Å²) in [6, 6.07) is 0. The lowest BCUT2D eigenvalue weighted by Crippen LogP contribution is -2.30. The third-order valence-electron chi connectivity index (χ3n) is 9.50. The van der Waals surface area contributed by atoms with Gasteiger partial charge in [0, 0.05) is 13.0 Å². The van der Waals surface area contributed by atoms with Gasteiger partial charge in [0.1, 0.15) is 6.61 Å². The van der Waals surface area contributed by atoms with Crippen molar-refractivity contribution >= 4 is 11.9 Å². The van der Waals surface area contributed by atoms with Crippen molar-refractivity contribution in [3.63, 3.8) is 0 Å². The first-order chi connectivity index (χ1) is 29.6. The monoisotopic (exact) mass is 829 g/mol. The van der Waals surface area contributed by atoms with Crippen molar-refractivity contribution in [2.24, 2.45) is 0 Å². The standard InChI is InChI=1S/C55H88O5/c1-4-7-10-13-16-19-22-24-26-27-28-30-32-35-38-41-44-47-50-58-51-53(60-55(57)49-46-43-40-37-33-21-18-15-12-9-6-3)52-59-54(56)48-45-42-39-36-34-31-29-25-23-20-17-14-11-8-5-2/h7-8,10-11,15-20,24-26,28-30,34,36,42,45,53H,4-6,9,12-14,21-23,27,31-33,35,37-41,43-44,46-52H2,1-3H3/b10-7-,11-8-,18-15-,19-16-,20-17-,26-24-,29-25-,30-28-,36-34-,45-42-. The predicted molar refractivity (Wildman–Crippen MR) is 260 cm³/mol. The van der Waals surface area contributed by atoms with Gasteiger partial charge in [0.25, 0.3) is 0 Å². The average molecular weight is 829 g/mol. The maximum Gasteiger partial charge on any atom is 0.309 e. The highest BCUT2D eigenvalue weighted by molar-refractivity contribution is 5.71. The second-order valence-corrected chi connectivity index (χ2v) is 15.3. The first-order valence-corrected chi connectivity index (χ1v) is 24.1. The molecular weight excluding hydrogens is 741 g/mol. The molecule has 0 aliphatic carbocycles. The number of carbonyl (C=O) groups is 2. The van der Waals surface area contributed by atoms with Gasteiger partial charge in [-0.2, -0.15) is 0 Å². The summed E-state index contributed by atoms with van der Waals surface area (Å²) in [5.74, 6) is -0.576. The van der Waals surface area contributed by atoms with Gasteiger partial charge in [0.2, 0.25) is 0 Å². The largest absolute Gasteiger partial charge is 0.461 e. The topological polar surface area (TPSA) is 61.8 Å². The molecule has 0 rings (SSSR count). The van der Waals surface area contributed by atoms with E-state index in [4.69, 9.17) is 14.2 Å². The summed E-state index contributed by atoms with van der Waals surface area (Å²) in [5, 5.41) is 0. The van der Waals surface area contributed by atoms with Crippen molar-refractivity contribution in [3.8, 4) is 0 Å². The Kier molecular flexibility index (Phi) is 46.6. The van der Waals surface area contributed by atoms with E-state index in [9.17, 15) is 9.59 Å². The number of esters is 2. The van der Waals surface area contributed by atoms with E-state index in [1.807, 2.05) is 12.2 Å². The molecular formula is C55H88O5. The van der Waals surface area contributed by atoms with Crippen molar-refractivity contribution in [2.75, 3.05) is 19.8 Å². The van der Waals surface area contributed by atoms with Crippen LogP contribution in [0.1, 0.15) is 188 Å². The highest BCUT2D eigenvalue weighted by Gasteiger charge is 2.17. The molecule has 5 heteroatoms. The second-order valence-electron chi connectivity index (χ2n) is 15.3. The minimum Gasteiger partial charge on any atom is -0.461 e. The van der Waals surface area contributed by atoms with Crippen molar-refractivity contribution in [1.29, 1.82) is 0 Å². The van der Waals surface area contributed by atoms with E-state index in [0.29, 0.717) is 13.0 Å². The normalized spacial score (nSPS) is 13.3. The zero-order valence-corrected chi connectivity index (χ0v) is 38.7. The van der Waals surface area contributed by atoms with Crippen LogP contribution in [0.3, 0.4) is 0 Å². The van der Waals surface area contributed by atoms with E-state index in [1.165, 1.54) is 51.4 Å². The number of allylic oxidation sites excluding steroid dienone is 19. The van der Waals surface area contributed by atoms with Crippen LogP contribution in [-0.2, 0) is 23.8 Å². The molecule has 0 aromatic carbocycles. The van der Waals surface area contributed by atoms with E-state index < -0.39 is 6.10 Å². The molecule has 0 aromatic heterocycles. The molecule has 5 nitrogen and oxygen atoms in total. The van der Waals surface area contributed by atoms with Crippen LogP contribution in [0.4, 0.5) is 0 Å². The maximum absolute atomic E-state index is 12.7. The first kappa shape index (κ1) is 56.3. The first-order valence-electron chi connectivity index (χ1n) is 24.1. The summed E-state index contributed by atoms with van der Waals surface area (Å²) in [6.45, 7) is 7.38. The lowest BCUT2D eigenvalue weighted by atomic mass is 10.1. The van der Waals surface area contributed by atoms with E-state index in [0.717, 1.165) is 103 Å². The highest BCUT2D eigenvalue weighted by Crippen LogP contribution is 2.11. The van der Waals surface area contributed by atoms with Gasteiger partial charge in [-0.1, -0.05) is 194 Å². The number of carbonyl (C=O) groups excluding carboxylic acids is 2. The molecule has 0 heterocycles. The Morgan fingerprint density at radius 1 is 0.400 bits per heavy atom. The fourth-order valence-electron chi connectivity index (χ4n) is 5.96.